The molecule has 2 aromatic rings. The van der Waals surface area contributed by atoms with Gasteiger partial charge in [0.15, 0.2) is 0 Å². The van der Waals surface area contributed by atoms with Gasteiger partial charge in [0.1, 0.15) is 12.5 Å². The van der Waals surface area contributed by atoms with Gasteiger partial charge in [0, 0.05) is 28.1 Å². The van der Waals surface area contributed by atoms with Crippen LogP contribution in [0.4, 0.5) is 0 Å². The van der Waals surface area contributed by atoms with Gasteiger partial charge >= 0.3 is 5.97 Å². The van der Waals surface area contributed by atoms with E-state index in [0.717, 1.165) is 11.1 Å². The number of rotatable bonds is 4. The first-order valence-electron chi connectivity index (χ1n) is 8.61. The Bertz CT molecular complexity index is 886. The lowest BCUT2D eigenvalue weighted by Crippen LogP contribution is -2.35. The summed E-state index contributed by atoms with van der Waals surface area (Å²) in [4.78, 5) is 28.9. The first-order chi connectivity index (χ1) is 12.9. The number of hydrogen-bond donors (Lipinski definition) is 0. The van der Waals surface area contributed by atoms with Crippen LogP contribution in [0.15, 0.2) is 47.5 Å². The molecule has 0 bridgehead atoms. The highest BCUT2D eigenvalue weighted by molar-refractivity contribution is 6.36. The van der Waals surface area contributed by atoms with E-state index in [0.29, 0.717) is 21.3 Å². The van der Waals surface area contributed by atoms with Gasteiger partial charge in [0.25, 0.3) is 0 Å². The fourth-order valence-electron chi connectivity index (χ4n) is 3.31. The van der Waals surface area contributed by atoms with Crippen molar-refractivity contribution in [2.75, 3.05) is 0 Å². The molecule has 0 N–H and O–H groups in total. The minimum atomic E-state index is -0.703. The Kier molecular flexibility index (Phi) is 5.98. The molecule has 0 fully saturated rings. The maximum Gasteiger partial charge on any atom is 0.315 e. The second kappa shape index (κ2) is 8.24. The van der Waals surface area contributed by atoms with Crippen LogP contribution in [0.25, 0.3) is 0 Å². The van der Waals surface area contributed by atoms with Gasteiger partial charge in [0.05, 0.1) is 0 Å². The van der Waals surface area contributed by atoms with E-state index >= 15 is 0 Å². The highest BCUT2D eigenvalue weighted by atomic mass is 35.5. The molecule has 0 radical (unpaired) electrons. The third kappa shape index (κ3) is 4.40. The average molecular weight is 404 g/mol. The van der Waals surface area contributed by atoms with Crippen molar-refractivity contribution in [1.82, 2.24) is 0 Å². The zero-order valence-corrected chi connectivity index (χ0v) is 16.6. The minimum absolute atomic E-state index is 0.0606. The van der Waals surface area contributed by atoms with E-state index in [1.807, 2.05) is 31.2 Å². The van der Waals surface area contributed by atoms with Crippen molar-refractivity contribution in [1.29, 1.82) is 0 Å². The van der Waals surface area contributed by atoms with Crippen LogP contribution >= 0.6 is 23.2 Å². The van der Waals surface area contributed by atoms with E-state index in [9.17, 15) is 9.59 Å². The third-order valence-electron chi connectivity index (χ3n) is 4.67. The molecule has 2 aromatic carbocycles. The molecule has 1 amide bonds. The summed E-state index contributed by atoms with van der Waals surface area (Å²) in [7, 11) is 0. The zero-order valence-electron chi connectivity index (χ0n) is 15.0. The first kappa shape index (κ1) is 19.6. The van der Waals surface area contributed by atoms with Crippen LogP contribution in [0.3, 0.4) is 0 Å². The average Bonchev–Trinajstić information content (AvgIpc) is 2.60. The predicted molar refractivity (Wildman–Crippen MR) is 106 cm³/mol. The van der Waals surface area contributed by atoms with Gasteiger partial charge in [-0.15, -0.1) is 0 Å². The zero-order chi connectivity index (χ0) is 19.6. The number of aliphatic imine (C=N–C) groups is 1. The number of aryl methyl sites for hydroxylation is 1. The maximum atomic E-state index is 12.9. The fourth-order valence-corrected chi connectivity index (χ4v) is 3.98. The molecule has 2 atom stereocenters. The van der Waals surface area contributed by atoms with Crippen molar-refractivity contribution in [3.05, 3.63) is 69.2 Å². The summed E-state index contributed by atoms with van der Waals surface area (Å²) in [6.45, 7) is 3.80. The van der Waals surface area contributed by atoms with Crippen LogP contribution in [0.2, 0.25) is 10.0 Å². The normalized spacial score (nSPS) is 19.6. The molecule has 1 aliphatic heterocycles. The summed E-state index contributed by atoms with van der Waals surface area (Å²) in [5.41, 5.74) is 3.02. The number of halogens is 2. The maximum absolute atomic E-state index is 12.9. The molecule has 0 aromatic heterocycles. The quantitative estimate of drug-likeness (QED) is 0.664. The topological polar surface area (TPSA) is 55.7 Å². The van der Waals surface area contributed by atoms with Crippen molar-refractivity contribution >= 4 is 40.8 Å². The van der Waals surface area contributed by atoms with Crippen molar-refractivity contribution in [3.8, 4) is 0 Å². The van der Waals surface area contributed by atoms with Crippen molar-refractivity contribution < 1.29 is 14.3 Å². The number of ether oxygens (including phenoxy) is 1. The molecule has 0 spiro atoms. The molecule has 0 saturated heterocycles. The minimum Gasteiger partial charge on any atom is -0.460 e. The molecular formula is C21H19Cl2NO3. The van der Waals surface area contributed by atoms with Gasteiger partial charge in [0.2, 0.25) is 5.91 Å². The molecule has 6 heteroatoms. The number of esters is 1. The highest BCUT2D eigenvalue weighted by Crippen LogP contribution is 2.41. The number of carbonyl (C=O) groups excluding carboxylic acids is 2. The van der Waals surface area contributed by atoms with E-state index in [1.165, 1.54) is 0 Å². The van der Waals surface area contributed by atoms with Crippen molar-refractivity contribution in [2.24, 2.45) is 10.9 Å². The highest BCUT2D eigenvalue weighted by Gasteiger charge is 2.40. The van der Waals surface area contributed by atoms with Crippen molar-refractivity contribution in [2.45, 2.75) is 32.8 Å². The summed E-state index contributed by atoms with van der Waals surface area (Å²) < 4.78 is 5.53. The largest absolute Gasteiger partial charge is 0.460 e. The van der Waals surface area contributed by atoms with E-state index in [2.05, 4.69) is 4.99 Å². The molecule has 0 aliphatic carbocycles. The third-order valence-corrected chi connectivity index (χ3v) is 5.33. The molecule has 2 unspecified atom stereocenters. The Morgan fingerprint density at radius 3 is 2.37 bits per heavy atom. The van der Waals surface area contributed by atoms with Gasteiger partial charge in [-0.3, -0.25) is 9.59 Å². The van der Waals surface area contributed by atoms with Crippen LogP contribution in [0, 0.1) is 12.8 Å². The predicted octanol–water partition coefficient (Wildman–Crippen LogP) is 5.14. The van der Waals surface area contributed by atoms with Crippen LogP contribution < -0.4 is 0 Å². The Balaban J connectivity index is 1.87. The lowest BCUT2D eigenvalue weighted by molar-refractivity contribution is -0.148. The lowest BCUT2D eigenvalue weighted by Gasteiger charge is -2.29. The Labute approximate surface area is 168 Å². The lowest BCUT2D eigenvalue weighted by atomic mass is 9.79. The smallest absolute Gasteiger partial charge is 0.315 e. The van der Waals surface area contributed by atoms with E-state index in [1.54, 1.807) is 25.1 Å². The van der Waals surface area contributed by atoms with E-state index in [4.69, 9.17) is 27.9 Å². The van der Waals surface area contributed by atoms with Crippen LogP contribution in [-0.4, -0.2) is 17.6 Å². The van der Waals surface area contributed by atoms with Gasteiger partial charge in [-0.2, -0.15) is 0 Å². The monoisotopic (exact) mass is 403 g/mol. The van der Waals surface area contributed by atoms with Gasteiger partial charge in [-0.1, -0.05) is 59.1 Å². The number of nitrogens with zero attached hydrogens (tertiary/aromatic N) is 1. The Morgan fingerprint density at radius 1 is 1.11 bits per heavy atom. The SMILES string of the molecule is CC1=NC(=O)CC(c2c(Cl)cccc2Cl)C1C(=O)OCc1ccc(C)cc1. The molecule has 4 nitrogen and oxygen atoms in total. The molecular weight excluding hydrogens is 385 g/mol. The molecule has 1 heterocycles. The number of amides is 1. The summed E-state index contributed by atoms with van der Waals surface area (Å²) in [5.74, 6) is -1.94. The Morgan fingerprint density at radius 2 is 1.74 bits per heavy atom. The van der Waals surface area contributed by atoms with Gasteiger partial charge in [-0.05, 0) is 37.1 Å². The van der Waals surface area contributed by atoms with Crippen LogP contribution in [0.5, 0.6) is 0 Å². The van der Waals surface area contributed by atoms with Crippen LogP contribution in [0.1, 0.15) is 36.0 Å². The summed E-state index contributed by atoms with van der Waals surface area (Å²) in [6.07, 6.45) is 0.0606. The first-order valence-corrected chi connectivity index (χ1v) is 9.36. The van der Waals surface area contributed by atoms with Gasteiger partial charge < -0.3 is 4.74 Å². The standard InChI is InChI=1S/C21H19Cl2NO3/c1-12-6-8-14(9-7-12)11-27-21(26)19-13(2)24-18(25)10-15(19)20-16(22)4-3-5-17(20)23/h3-9,15,19H,10-11H2,1-2H3. The molecule has 27 heavy (non-hydrogen) atoms. The van der Waals surface area contributed by atoms with Crippen LogP contribution in [-0.2, 0) is 20.9 Å². The second-order valence-corrected chi connectivity index (χ2v) is 7.48. The molecule has 3 rings (SSSR count). The van der Waals surface area contributed by atoms with E-state index in [-0.39, 0.29) is 18.9 Å². The molecule has 1 aliphatic rings. The van der Waals surface area contributed by atoms with Gasteiger partial charge in [-0.25, -0.2) is 4.99 Å². The number of hydrogen-bond acceptors (Lipinski definition) is 3. The molecule has 140 valence electrons. The Hall–Kier alpha value is -2.17. The second-order valence-electron chi connectivity index (χ2n) is 6.66. The van der Waals surface area contributed by atoms with Crippen molar-refractivity contribution in [3.63, 3.8) is 0 Å². The fraction of sp³-hybridized carbons (Fsp3) is 0.286. The molecule has 0 saturated carbocycles. The summed E-state index contributed by atoms with van der Waals surface area (Å²) in [6, 6.07) is 12.9. The number of carbonyl (C=O) groups is 2. The summed E-state index contributed by atoms with van der Waals surface area (Å²) in [5, 5.41) is 0.845. The summed E-state index contributed by atoms with van der Waals surface area (Å²) >= 11 is 12.7. The number of benzene rings is 2. The van der Waals surface area contributed by atoms with E-state index < -0.39 is 17.8 Å².